The van der Waals surface area contributed by atoms with Crippen molar-refractivity contribution in [2.75, 3.05) is 49.1 Å². The molecule has 0 bridgehead atoms. The molecule has 1 N–H and O–H groups in total. The Morgan fingerprint density at radius 1 is 1.12 bits per heavy atom. The van der Waals surface area contributed by atoms with Crippen molar-refractivity contribution in [3.8, 4) is 17.2 Å². The van der Waals surface area contributed by atoms with Crippen molar-refractivity contribution in [3.05, 3.63) is 42.5 Å². The van der Waals surface area contributed by atoms with Crippen LogP contribution < -0.4 is 23.8 Å². The van der Waals surface area contributed by atoms with Crippen LogP contribution in [0.3, 0.4) is 0 Å². The summed E-state index contributed by atoms with van der Waals surface area (Å²) < 4.78 is 46.3. The van der Waals surface area contributed by atoms with Crippen molar-refractivity contribution in [2.24, 2.45) is 5.92 Å². The van der Waals surface area contributed by atoms with Crippen LogP contribution in [0.2, 0.25) is 0 Å². The molecule has 2 aliphatic rings. The zero-order valence-corrected chi connectivity index (χ0v) is 20.3. The van der Waals surface area contributed by atoms with E-state index in [1.165, 1.54) is 8.61 Å². The molecule has 34 heavy (non-hydrogen) atoms. The van der Waals surface area contributed by atoms with Gasteiger partial charge in [-0.2, -0.15) is 12.7 Å². The second kappa shape index (κ2) is 10.5. The number of fused-ring (bicyclic) bond motifs is 1. The normalized spacial score (nSPS) is 18.2. The third-order valence-corrected chi connectivity index (χ3v) is 7.90. The van der Waals surface area contributed by atoms with Crippen LogP contribution in [-0.2, 0) is 15.0 Å². The number of benzene rings is 2. The molecule has 2 heterocycles. The molecule has 1 atom stereocenters. The lowest BCUT2D eigenvalue weighted by atomic mass is 9.98. The second-order valence-corrected chi connectivity index (χ2v) is 10.00. The van der Waals surface area contributed by atoms with E-state index in [0.717, 1.165) is 0 Å². The Hall–Kier alpha value is -2.98. The van der Waals surface area contributed by atoms with Crippen LogP contribution >= 0.6 is 0 Å². The quantitative estimate of drug-likeness (QED) is 0.611. The lowest BCUT2D eigenvalue weighted by Crippen LogP contribution is -2.50. The van der Waals surface area contributed by atoms with E-state index in [9.17, 15) is 13.2 Å². The van der Waals surface area contributed by atoms with Crippen LogP contribution in [-0.4, -0.2) is 58.1 Å². The first-order chi connectivity index (χ1) is 16.4. The number of amides is 1. The van der Waals surface area contributed by atoms with Gasteiger partial charge in [-0.15, -0.1) is 0 Å². The molecule has 2 aromatic carbocycles. The Labute approximate surface area is 200 Å². The molecule has 0 radical (unpaired) electrons. The smallest absolute Gasteiger partial charge is 0.304 e. The van der Waals surface area contributed by atoms with E-state index in [-0.39, 0.29) is 19.0 Å². The van der Waals surface area contributed by atoms with Gasteiger partial charge >= 0.3 is 10.2 Å². The molecule has 0 unspecified atom stereocenters. The molecule has 0 saturated carbocycles. The van der Waals surface area contributed by atoms with E-state index in [2.05, 4.69) is 5.32 Å². The van der Waals surface area contributed by atoms with Crippen LogP contribution in [0.1, 0.15) is 26.7 Å². The van der Waals surface area contributed by atoms with E-state index in [1.807, 2.05) is 6.92 Å². The summed E-state index contributed by atoms with van der Waals surface area (Å²) in [6, 6.07) is 12.2. The van der Waals surface area contributed by atoms with Crippen molar-refractivity contribution >= 4 is 27.5 Å². The SMILES string of the molecule is CCOc1ccc(N(CC)S(=O)(=O)N2CCC[C@@H](C(=O)Nc3ccc4c(c3)OCCO4)C2)cc1. The van der Waals surface area contributed by atoms with Crippen LogP contribution in [0.25, 0.3) is 0 Å². The predicted octanol–water partition coefficient (Wildman–Crippen LogP) is 3.28. The van der Waals surface area contributed by atoms with Gasteiger partial charge in [0.05, 0.1) is 18.2 Å². The first kappa shape index (κ1) is 24.2. The third-order valence-electron chi connectivity index (χ3n) is 5.89. The van der Waals surface area contributed by atoms with Gasteiger partial charge in [0.25, 0.3) is 0 Å². The maximum absolute atomic E-state index is 13.5. The highest BCUT2D eigenvalue weighted by Gasteiger charge is 2.35. The molecule has 2 aliphatic heterocycles. The molecule has 0 spiro atoms. The monoisotopic (exact) mass is 489 g/mol. The number of hydrogen-bond acceptors (Lipinski definition) is 6. The van der Waals surface area contributed by atoms with Gasteiger partial charge in [0.1, 0.15) is 19.0 Å². The molecule has 4 rings (SSSR count). The zero-order chi connectivity index (χ0) is 24.1. The third kappa shape index (κ3) is 5.23. The molecular weight excluding hydrogens is 458 g/mol. The molecule has 10 heteroatoms. The fourth-order valence-electron chi connectivity index (χ4n) is 4.23. The number of piperidine rings is 1. The number of carbonyl (C=O) groups excluding carboxylic acids is 1. The largest absolute Gasteiger partial charge is 0.494 e. The average Bonchev–Trinajstić information content (AvgIpc) is 2.85. The maximum atomic E-state index is 13.5. The number of anilines is 2. The summed E-state index contributed by atoms with van der Waals surface area (Å²) in [5.41, 5.74) is 1.16. The molecule has 1 fully saturated rings. The first-order valence-electron chi connectivity index (χ1n) is 11.6. The van der Waals surface area contributed by atoms with E-state index in [0.29, 0.717) is 67.8 Å². The average molecular weight is 490 g/mol. The summed E-state index contributed by atoms with van der Waals surface area (Å²) in [5, 5.41) is 2.90. The zero-order valence-electron chi connectivity index (χ0n) is 19.5. The van der Waals surface area contributed by atoms with Gasteiger partial charge in [0, 0.05) is 31.4 Å². The number of nitrogens with one attached hydrogen (secondary N) is 1. The van der Waals surface area contributed by atoms with Crippen LogP contribution in [0.4, 0.5) is 11.4 Å². The number of carbonyl (C=O) groups is 1. The summed E-state index contributed by atoms with van der Waals surface area (Å²) in [6.45, 7) is 5.98. The lowest BCUT2D eigenvalue weighted by molar-refractivity contribution is -0.120. The Bertz CT molecular complexity index is 1110. The van der Waals surface area contributed by atoms with Gasteiger partial charge < -0.3 is 19.5 Å². The van der Waals surface area contributed by atoms with Crippen LogP contribution in [0, 0.1) is 5.92 Å². The summed E-state index contributed by atoms with van der Waals surface area (Å²) in [6.07, 6.45) is 1.23. The van der Waals surface area contributed by atoms with E-state index < -0.39 is 16.1 Å². The minimum absolute atomic E-state index is 0.131. The van der Waals surface area contributed by atoms with Crippen molar-refractivity contribution < 1.29 is 27.4 Å². The molecule has 0 aliphatic carbocycles. The van der Waals surface area contributed by atoms with Crippen molar-refractivity contribution in [2.45, 2.75) is 26.7 Å². The fraction of sp³-hybridized carbons (Fsp3) is 0.458. The molecule has 1 saturated heterocycles. The Morgan fingerprint density at radius 2 is 1.85 bits per heavy atom. The maximum Gasteiger partial charge on any atom is 0.304 e. The number of ether oxygens (including phenoxy) is 3. The topological polar surface area (TPSA) is 97.4 Å². The minimum Gasteiger partial charge on any atom is -0.494 e. The Morgan fingerprint density at radius 3 is 2.56 bits per heavy atom. The lowest BCUT2D eigenvalue weighted by Gasteiger charge is -2.35. The summed E-state index contributed by atoms with van der Waals surface area (Å²) in [4.78, 5) is 13.0. The van der Waals surface area contributed by atoms with Crippen molar-refractivity contribution in [1.82, 2.24) is 4.31 Å². The van der Waals surface area contributed by atoms with E-state index >= 15 is 0 Å². The highest BCUT2D eigenvalue weighted by atomic mass is 32.2. The van der Waals surface area contributed by atoms with Gasteiger partial charge in [0.15, 0.2) is 11.5 Å². The van der Waals surface area contributed by atoms with Crippen molar-refractivity contribution in [3.63, 3.8) is 0 Å². The van der Waals surface area contributed by atoms with Gasteiger partial charge in [-0.3, -0.25) is 9.10 Å². The molecule has 184 valence electrons. The van der Waals surface area contributed by atoms with Crippen LogP contribution in [0.15, 0.2) is 42.5 Å². The predicted molar refractivity (Wildman–Crippen MR) is 130 cm³/mol. The molecule has 2 aromatic rings. The molecule has 9 nitrogen and oxygen atoms in total. The van der Waals surface area contributed by atoms with Crippen LogP contribution in [0.5, 0.6) is 17.2 Å². The van der Waals surface area contributed by atoms with Gasteiger partial charge in [-0.1, -0.05) is 0 Å². The summed E-state index contributed by atoms with van der Waals surface area (Å²) in [5.74, 6) is 1.27. The summed E-state index contributed by atoms with van der Waals surface area (Å²) >= 11 is 0. The molecule has 1 amide bonds. The summed E-state index contributed by atoms with van der Waals surface area (Å²) in [7, 11) is -3.79. The fourth-order valence-corrected chi connectivity index (χ4v) is 5.95. The number of rotatable bonds is 8. The minimum atomic E-state index is -3.79. The Balaban J connectivity index is 1.44. The number of hydrogen-bond donors (Lipinski definition) is 1. The highest BCUT2D eigenvalue weighted by Crippen LogP contribution is 2.33. The highest BCUT2D eigenvalue weighted by molar-refractivity contribution is 7.90. The second-order valence-electron chi connectivity index (χ2n) is 8.14. The Kier molecular flexibility index (Phi) is 7.47. The number of nitrogens with zero attached hydrogens (tertiary/aromatic N) is 2. The molecular formula is C24H31N3O6S. The van der Waals surface area contributed by atoms with Gasteiger partial charge in [-0.25, -0.2) is 0 Å². The first-order valence-corrected chi connectivity index (χ1v) is 13.0. The standard InChI is InChI=1S/C24H31N3O6S/c1-3-27(20-8-10-21(11-9-20)31-4-2)34(29,30)26-13-5-6-18(17-26)24(28)25-19-7-12-22-23(16-19)33-15-14-32-22/h7-12,16,18H,3-6,13-15,17H2,1-2H3,(H,25,28)/t18-/m1/s1. The van der Waals surface area contributed by atoms with E-state index in [1.54, 1.807) is 49.4 Å². The van der Waals surface area contributed by atoms with Gasteiger partial charge in [0.2, 0.25) is 5.91 Å². The van der Waals surface area contributed by atoms with Crippen molar-refractivity contribution in [1.29, 1.82) is 0 Å². The van der Waals surface area contributed by atoms with E-state index in [4.69, 9.17) is 14.2 Å². The van der Waals surface area contributed by atoms with Gasteiger partial charge in [-0.05, 0) is 63.1 Å². The molecule has 0 aromatic heterocycles.